The van der Waals surface area contributed by atoms with Gasteiger partial charge in [-0.15, -0.1) is 0 Å². The van der Waals surface area contributed by atoms with Gasteiger partial charge in [0.05, 0.1) is 5.25 Å². The highest BCUT2D eigenvalue weighted by molar-refractivity contribution is 7.91. The van der Waals surface area contributed by atoms with Crippen LogP contribution in [0.5, 0.6) is 0 Å². The van der Waals surface area contributed by atoms with E-state index in [-0.39, 0.29) is 0 Å². The van der Waals surface area contributed by atoms with Crippen LogP contribution in [-0.2, 0) is 9.84 Å². The van der Waals surface area contributed by atoms with Gasteiger partial charge in [0.2, 0.25) is 0 Å². The molecule has 0 amide bonds. The smallest absolute Gasteiger partial charge is 0.153 e. The largest absolute Gasteiger partial charge is 0.229 e. The van der Waals surface area contributed by atoms with E-state index in [4.69, 9.17) is 0 Å². The van der Waals surface area contributed by atoms with Crippen molar-refractivity contribution in [1.82, 2.24) is 0 Å². The lowest BCUT2D eigenvalue weighted by Gasteiger charge is -2.08. The maximum absolute atomic E-state index is 11.1. The second-order valence-electron chi connectivity index (χ2n) is 4.31. The third kappa shape index (κ3) is 6.19. The van der Waals surface area contributed by atoms with E-state index in [1.54, 1.807) is 6.08 Å². The van der Waals surface area contributed by atoms with E-state index >= 15 is 0 Å². The maximum atomic E-state index is 11.1. The fraction of sp³-hybridized carbons (Fsp3) is 0.727. The van der Waals surface area contributed by atoms with Gasteiger partial charge in [-0.1, -0.05) is 25.5 Å². The van der Waals surface area contributed by atoms with Gasteiger partial charge in [0.15, 0.2) is 9.84 Å². The summed E-state index contributed by atoms with van der Waals surface area (Å²) in [7, 11) is -3.02. The average molecular weight is 217 g/mol. The van der Waals surface area contributed by atoms with Crippen molar-refractivity contribution in [2.24, 2.45) is 5.92 Å². The summed E-state index contributed by atoms with van der Waals surface area (Å²) in [6, 6.07) is 0. The lowest BCUT2D eigenvalue weighted by Crippen LogP contribution is -2.13. The first kappa shape index (κ1) is 13.7. The van der Waals surface area contributed by atoms with E-state index in [0.29, 0.717) is 5.92 Å². The summed E-state index contributed by atoms with van der Waals surface area (Å²) in [6.45, 7) is 9.89. The fourth-order valence-electron chi connectivity index (χ4n) is 1.04. The minimum atomic E-state index is -3.02. The van der Waals surface area contributed by atoms with Crippen LogP contribution in [0.15, 0.2) is 11.6 Å². The van der Waals surface area contributed by atoms with E-state index in [2.05, 4.69) is 20.8 Å². The lowest BCUT2D eigenvalue weighted by atomic mass is 10.0. The number of hydrogen-bond donors (Lipinski definition) is 0. The molecule has 83 valence electrons. The van der Waals surface area contributed by atoms with Crippen LogP contribution in [0.2, 0.25) is 0 Å². The SMILES string of the molecule is [CH2]C(C=C(C)CCC(C)C)S(C)(=O)=O. The van der Waals surface area contributed by atoms with E-state index < -0.39 is 15.1 Å². The van der Waals surface area contributed by atoms with E-state index in [1.165, 1.54) is 6.26 Å². The summed E-state index contributed by atoms with van der Waals surface area (Å²) in [5, 5.41) is -0.602. The topological polar surface area (TPSA) is 34.1 Å². The molecule has 0 rings (SSSR count). The Balaban J connectivity index is 4.24. The van der Waals surface area contributed by atoms with E-state index in [0.717, 1.165) is 18.4 Å². The zero-order valence-electron chi connectivity index (χ0n) is 9.58. The molecular weight excluding hydrogens is 196 g/mol. The van der Waals surface area contributed by atoms with Gasteiger partial charge in [0.1, 0.15) is 0 Å². The van der Waals surface area contributed by atoms with Crippen LogP contribution < -0.4 is 0 Å². The van der Waals surface area contributed by atoms with Crippen LogP contribution >= 0.6 is 0 Å². The van der Waals surface area contributed by atoms with Crippen molar-refractivity contribution < 1.29 is 8.42 Å². The molecule has 0 aliphatic carbocycles. The third-order valence-corrected chi connectivity index (χ3v) is 3.37. The predicted octanol–water partition coefficient (Wildman–Crippen LogP) is 2.62. The molecule has 1 atom stereocenters. The van der Waals surface area contributed by atoms with Gasteiger partial charge in [-0.2, -0.15) is 0 Å². The minimum Gasteiger partial charge on any atom is -0.229 e. The van der Waals surface area contributed by atoms with Crippen molar-refractivity contribution in [2.75, 3.05) is 6.26 Å². The van der Waals surface area contributed by atoms with Crippen molar-refractivity contribution in [2.45, 2.75) is 38.9 Å². The lowest BCUT2D eigenvalue weighted by molar-refractivity contribution is 0.583. The molecule has 2 nitrogen and oxygen atoms in total. The van der Waals surface area contributed by atoms with Crippen LogP contribution in [-0.4, -0.2) is 19.9 Å². The molecule has 0 aliphatic heterocycles. The number of rotatable bonds is 5. The molecule has 0 heterocycles. The van der Waals surface area contributed by atoms with E-state index in [1.807, 2.05) is 6.92 Å². The second-order valence-corrected chi connectivity index (χ2v) is 6.58. The molecule has 3 heteroatoms. The Hall–Kier alpha value is -0.310. The fourth-order valence-corrected chi connectivity index (χ4v) is 1.52. The maximum Gasteiger partial charge on any atom is 0.153 e. The van der Waals surface area contributed by atoms with Crippen LogP contribution in [0.25, 0.3) is 0 Å². The summed E-state index contributed by atoms with van der Waals surface area (Å²) >= 11 is 0. The van der Waals surface area contributed by atoms with Crippen LogP contribution in [0.3, 0.4) is 0 Å². The zero-order chi connectivity index (χ0) is 11.4. The molecule has 14 heavy (non-hydrogen) atoms. The Labute approximate surface area is 88.3 Å². The second kappa shape index (κ2) is 5.54. The Kier molecular flexibility index (Phi) is 5.42. The molecule has 0 N–H and O–H groups in total. The first-order chi connectivity index (χ1) is 6.23. The molecule has 0 aliphatic rings. The molecule has 0 aromatic rings. The molecular formula is C11H21O2S. The first-order valence-corrected chi connectivity index (χ1v) is 6.88. The molecule has 0 saturated heterocycles. The highest BCUT2D eigenvalue weighted by atomic mass is 32.2. The van der Waals surface area contributed by atoms with Crippen molar-refractivity contribution in [1.29, 1.82) is 0 Å². The number of sulfone groups is 1. The average Bonchev–Trinajstić information content (AvgIpc) is 1.99. The summed E-state index contributed by atoms with van der Waals surface area (Å²) in [6.07, 6.45) is 5.02. The quantitative estimate of drug-likeness (QED) is 0.663. The van der Waals surface area contributed by atoms with Crippen molar-refractivity contribution in [3.63, 3.8) is 0 Å². The van der Waals surface area contributed by atoms with Crippen LogP contribution in [0.1, 0.15) is 33.6 Å². The molecule has 0 spiro atoms. The standard InChI is InChI=1S/C11H21O2S/c1-9(2)6-7-10(3)8-11(4)14(5,12)13/h8-9,11H,4,6-7H2,1-3,5H3. The molecule has 0 aromatic carbocycles. The van der Waals surface area contributed by atoms with Gasteiger partial charge in [-0.25, -0.2) is 8.42 Å². The summed E-state index contributed by atoms with van der Waals surface area (Å²) in [4.78, 5) is 0. The zero-order valence-corrected chi connectivity index (χ0v) is 10.4. The highest BCUT2D eigenvalue weighted by Gasteiger charge is 2.11. The van der Waals surface area contributed by atoms with Gasteiger partial charge >= 0.3 is 0 Å². The molecule has 1 radical (unpaired) electrons. The minimum absolute atomic E-state index is 0.602. The summed E-state index contributed by atoms with van der Waals surface area (Å²) in [5.41, 5.74) is 1.11. The van der Waals surface area contributed by atoms with Gasteiger partial charge in [-0.3, -0.25) is 0 Å². The molecule has 0 saturated carbocycles. The van der Waals surface area contributed by atoms with Gasteiger partial charge < -0.3 is 0 Å². The number of allylic oxidation sites excluding steroid dienone is 1. The number of hydrogen-bond acceptors (Lipinski definition) is 2. The van der Waals surface area contributed by atoms with Crippen molar-refractivity contribution >= 4 is 9.84 Å². The monoisotopic (exact) mass is 217 g/mol. The Morgan fingerprint density at radius 3 is 2.29 bits per heavy atom. The first-order valence-electron chi connectivity index (χ1n) is 4.92. The van der Waals surface area contributed by atoms with Gasteiger partial charge in [-0.05, 0) is 32.6 Å². The molecule has 1 unspecified atom stereocenters. The highest BCUT2D eigenvalue weighted by Crippen LogP contribution is 2.13. The molecule has 0 bridgehead atoms. The van der Waals surface area contributed by atoms with Crippen LogP contribution in [0.4, 0.5) is 0 Å². The van der Waals surface area contributed by atoms with E-state index in [9.17, 15) is 8.42 Å². The molecule has 0 fully saturated rings. The van der Waals surface area contributed by atoms with Gasteiger partial charge in [0.25, 0.3) is 0 Å². The Morgan fingerprint density at radius 1 is 1.43 bits per heavy atom. The van der Waals surface area contributed by atoms with Crippen LogP contribution in [0, 0.1) is 12.8 Å². The van der Waals surface area contributed by atoms with Crippen molar-refractivity contribution in [3.8, 4) is 0 Å². The third-order valence-electron chi connectivity index (χ3n) is 2.14. The van der Waals surface area contributed by atoms with Gasteiger partial charge in [0, 0.05) is 6.26 Å². The molecule has 0 aromatic heterocycles. The Morgan fingerprint density at radius 2 is 1.93 bits per heavy atom. The summed E-state index contributed by atoms with van der Waals surface area (Å²) in [5.74, 6) is 0.653. The summed E-state index contributed by atoms with van der Waals surface area (Å²) < 4.78 is 22.2. The normalized spacial score (nSPS) is 16.0. The Bertz CT molecular complexity index is 286. The predicted molar refractivity (Wildman–Crippen MR) is 61.8 cm³/mol. The van der Waals surface area contributed by atoms with Crippen molar-refractivity contribution in [3.05, 3.63) is 18.6 Å².